The Morgan fingerprint density at radius 1 is 1.80 bits per heavy atom. The van der Waals surface area contributed by atoms with Gasteiger partial charge in [0.1, 0.15) is 0 Å². The van der Waals surface area contributed by atoms with Crippen molar-refractivity contribution in [2.75, 3.05) is 6.66 Å². The van der Waals surface area contributed by atoms with Crippen molar-refractivity contribution >= 4 is 21.6 Å². The molecule has 24 valence electrons. The molecular formula is CH3B2OP. The van der Waals surface area contributed by atoms with Gasteiger partial charge >= 0.3 is 33.0 Å². The summed E-state index contributed by atoms with van der Waals surface area (Å²) in [5, 5.41) is 0. The van der Waals surface area contributed by atoms with Crippen molar-refractivity contribution in [2.45, 2.75) is 0 Å². The van der Waals surface area contributed by atoms with E-state index in [1.807, 2.05) is 6.66 Å². The van der Waals surface area contributed by atoms with Crippen LogP contribution in [-0.4, -0.2) is 20.2 Å². The quantitative estimate of drug-likeness (QED) is 0.326. The van der Waals surface area contributed by atoms with Crippen LogP contribution in [0.1, 0.15) is 0 Å². The molecule has 0 saturated carbocycles. The summed E-state index contributed by atoms with van der Waals surface area (Å²) in [5.74, 6) is 0. The summed E-state index contributed by atoms with van der Waals surface area (Å²) in [4.78, 5) is 0. The molecule has 0 aliphatic carbocycles. The molecule has 0 radical (unpaired) electrons. The Morgan fingerprint density at radius 2 is 2.40 bits per heavy atom. The summed E-state index contributed by atoms with van der Waals surface area (Å²) in [6.45, 7) is 3.44. The Bertz CT molecular complexity index is 51.6. The predicted molar refractivity (Wildman–Crippen MR) is 25.0 cm³/mol. The van der Waals surface area contributed by atoms with Crippen LogP contribution < -0.4 is 0 Å². The third kappa shape index (κ3) is 4.23. The van der Waals surface area contributed by atoms with Gasteiger partial charge < -0.3 is 0 Å². The first kappa shape index (κ1) is 5.23. The predicted octanol–water partition coefficient (Wildman–Crippen LogP) is 0.146. The second kappa shape index (κ2) is 4.23. The van der Waals surface area contributed by atoms with Gasteiger partial charge in [-0.15, -0.1) is 0 Å². The zero-order valence-corrected chi connectivity index (χ0v) is 3.90. The SMILES string of the molecule is CP=BB=O. The third-order valence-corrected chi connectivity index (χ3v) is 0.630. The van der Waals surface area contributed by atoms with Crippen LogP contribution in [0.2, 0.25) is 0 Å². The molecule has 0 saturated heterocycles. The van der Waals surface area contributed by atoms with E-state index in [9.17, 15) is 4.70 Å². The molecule has 0 heterocycles. The van der Waals surface area contributed by atoms with Crippen LogP contribution in [0.4, 0.5) is 0 Å². The van der Waals surface area contributed by atoms with Crippen LogP contribution in [0.15, 0.2) is 0 Å². The fraction of sp³-hybridized carbons (Fsp3) is 1.00. The van der Waals surface area contributed by atoms with E-state index >= 15 is 0 Å². The number of hydrogen-bond acceptors (Lipinski definition) is 1. The van der Waals surface area contributed by atoms with E-state index in [-0.39, 0.29) is 0 Å². The van der Waals surface area contributed by atoms with Gasteiger partial charge in [0.05, 0.1) is 0 Å². The summed E-state index contributed by atoms with van der Waals surface area (Å²) < 4.78 is 9.34. The molecule has 0 aromatic carbocycles. The molecule has 0 aromatic rings. The van der Waals surface area contributed by atoms with Gasteiger partial charge in [0, 0.05) is 0 Å². The van der Waals surface area contributed by atoms with Crippen LogP contribution in [0.3, 0.4) is 0 Å². The van der Waals surface area contributed by atoms with Gasteiger partial charge in [-0.3, -0.25) is 0 Å². The van der Waals surface area contributed by atoms with Crippen molar-refractivity contribution < 1.29 is 4.70 Å². The molecule has 0 aliphatic rings. The van der Waals surface area contributed by atoms with Gasteiger partial charge in [-0.25, -0.2) is 0 Å². The molecule has 5 heavy (non-hydrogen) atoms. The molecule has 0 rings (SSSR count). The van der Waals surface area contributed by atoms with Gasteiger partial charge in [-0.2, -0.15) is 0 Å². The Hall–Kier alpha value is 0.230. The molecule has 1 nitrogen and oxygen atoms in total. The summed E-state index contributed by atoms with van der Waals surface area (Å²) in [7, 11) is 1.83. The Morgan fingerprint density at radius 3 is 2.40 bits per heavy atom. The van der Waals surface area contributed by atoms with E-state index in [2.05, 4.69) is 0 Å². The molecule has 0 bridgehead atoms. The van der Waals surface area contributed by atoms with E-state index in [0.29, 0.717) is 0 Å². The Labute approximate surface area is 34.0 Å². The van der Waals surface area contributed by atoms with Crippen LogP contribution in [-0.2, 0) is 4.70 Å². The minimum atomic E-state index is 0.793. The summed E-state index contributed by atoms with van der Waals surface area (Å²) >= 11 is 0. The van der Waals surface area contributed by atoms with Gasteiger partial charge in [-0.05, 0) is 0 Å². The second-order valence-corrected chi connectivity index (χ2v) is 1.36. The van der Waals surface area contributed by atoms with E-state index in [0.717, 1.165) is 15.1 Å². The maximum atomic E-state index is 9.34. The van der Waals surface area contributed by atoms with Crippen molar-refractivity contribution in [1.29, 1.82) is 0 Å². The van der Waals surface area contributed by atoms with Gasteiger partial charge in [0.2, 0.25) is 0 Å². The van der Waals surface area contributed by atoms with Crippen LogP contribution >= 0.6 is 8.07 Å². The normalized spacial score (nSPS) is 6.60. The van der Waals surface area contributed by atoms with Crippen molar-refractivity contribution in [1.82, 2.24) is 0 Å². The second-order valence-electron chi connectivity index (χ2n) is 0.543. The zero-order valence-electron chi connectivity index (χ0n) is 3.01. The van der Waals surface area contributed by atoms with E-state index in [1.165, 1.54) is 0 Å². The average molecular weight is 83.6 g/mol. The summed E-state index contributed by atoms with van der Waals surface area (Å²) in [6, 6.07) is 0. The molecular weight excluding hydrogens is 80.6 g/mol. The average Bonchev–Trinajstić information content (AvgIpc) is 1.41. The van der Waals surface area contributed by atoms with Crippen molar-refractivity contribution in [3.8, 4) is 0 Å². The van der Waals surface area contributed by atoms with Gasteiger partial charge in [0.15, 0.2) is 0 Å². The van der Waals surface area contributed by atoms with E-state index < -0.39 is 0 Å². The molecule has 0 spiro atoms. The molecule has 0 amide bonds. The molecule has 0 N–H and O–H groups in total. The van der Waals surface area contributed by atoms with Gasteiger partial charge in [0.25, 0.3) is 0 Å². The Balaban J connectivity index is 2.92. The van der Waals surface area contributed by atoms with Crippen LogP contribution in [0.5, 0.6) is 0 Å². The minimum absolute atomic E-state index is 0.793. The monoisotopic (exact) mass is 84.0 g/mol. The molecule has 0 atom stereocenters. The van der Waals surface area contributed by atoms with Crippen LogP contribution in [0, 0.1) is 0 Å². The summed E-state index contributed by atoms with van der Waals surface area (Å²) in [5.41, 5.74) is 0. The molecule has 0 unspecified atom stereocenters. The maximum absolute atomic E-state index is 9.34. The molecule has 0 aliphatic heterocycles. The van der Waals surface area contributed by atoms with Crippen molar-refractivity contribution in [3.63, 3.8) is 0 Å². The fourth-order valence-electron chi connectivity index (χ4n) is 0.0609. The van der Waals surface area contributed by atoms with Gasteiger partial charge in [-0.1, -0.05) is 0 Å². The van der Waals surface area contributed by atoms with Crippen LogP contribution in [0.25, 0.3) is 0 Å². The zero-order chi connectivity index (χ0) is 4.12. The fourth-order valence-corrected chi connectivity index (χ4v) is 0.183. The van der Waals surface area contributed by atoms with E-state index in [4.69, 9.17) is 0 Å². The molecule has 0 fully saturated rings. The van der Waals surface area contributed by atoms with Crippen molar-refractivity contribution in [3.05, 3.63) is 0 Å². The first-order valence-corrected chi connectivity index (χ1v) is 2.69. The number of hydrogen-bond donors (Lipinski definition) is 0. The standard InChI is InChI=1S/CH3B2OP/c1-5-3-2-4/h1H3. The first-order valence-electron chi connectivity index (χ1n) is 1.27. The van der Waals surface area contributed by atoms with E-state index in [1.54, 1.807) is 6.51 Å². The first-order chi connectivity index (χ1) is 2.41. The van der Waals surface area contributed by atoms with Crippen molar-refractivity contribution in [2.24, 2.45) is 0 Å². The molecule has 0 aromatic heterocycles. The molecule has 4 heteroatoms. The summed E-state index contributed by atoms with van der Waals surface area (Å²) in [6.07, 6.45) is 0. The number of rotatable bonds is 1. The Kier molecular flexibility index (Phi) is 4.42. The topological polar surface area (TPSA) is 17.1 Å². The third-order valence-electron chi connectivity index (χ3n) is 0.210.